The van der Waals surface area contributed by atoms with E-state index in [-0.39, 0.29) is 0 Å². The van der Waals surface area contributed by atoms with Crippen LogP contribution in [0, 0.1) is 5.92 Å². The lowest BCUT2D eigenvalue weighted by molar-refractivity contribution is 0.171. The first-order valence-corrected chi connectivity index (χ1v) is 7.04. The van der Waals surface area contributed by atoms with Crippen LogP contribution in [0.25, 0.3) is 0 Å². The Morgan fingerprint density at radius 1 is 1.28 bits per heavy atom. The van der Waals surface area contributed by atoms with Gasteiger partial charge in [-0.2, -0.15) is 0 Å². The molecule has 100 valence electrons. The SMILES string of the molecule is CNC(c1ccc2c(c1)CCC2)C(C)CCOC. The number of rotatable bonds is 6. The van der Waals surface area contributed by atoms with Crippen molar-refractivity contribution in [1.29, 1.82) is 0 Å². The van der Waals surface area contributed by atoms with Gasteiger partial charge in [0.05, 0.1) is 0 Å². The zero-order valence-electron chi connectivity index (χ0n) is 11.8. The van der Waals surface area contributed by atoms with Gasteiger partial charge in [0.2, 0.25) is 0 Å². The lowest BCUT2D eigenvalue weighted by Gasteiger charge is -2.24. The smallest absolute Gasteiger partial charge is 0.0465 e. The predicted octanol–water partition coefficient (Wildman–Crippen LogP) is 3.11. The molecule has 1 aliphatic carbocycles. The Morgan fingerprint density at radius 2 is 2.06 bits per heavy atom. The van der Waals surface area contributed by atoms with Gasteiger partial charge < -0.3 is 10.1 Å². The molecule has 0 radical (unpaired) electrons. The van der Waals surface area contributed by atoms with Gasteiger partial charge in [-0.25, -0.2) is 0 Å². The van der Waals surface area contributed by atoms with Crippen molar-refractivity contribution in [1.82, 2.24) is 5.32 Å². The minimum atomic E-state index is 0.436. The molecule has 0 amide bonds. The molecule has 2 unspecified atom stereocenters. The van der Waals surface area contributed by atoms with Gasteiger partial charge in [0.25, 0.3) is 0 Å². The highest BCUT2D eigenvalue weighted by Gasteiger charge is 2.19. The Kier molecular flexibility index (Phi) is 4.79. The van der Waals surface area contributed by atoms with E-state index in [2.05, 4.69) is 37.5 Å². The van der Waals surface area contributed by atoms with Crippen LogP contribution in [0.3, 0.4) is 0 Å². The fraction of sp³-hybridized carbons (Fsp3) is 0.625. The van der Waals surface area contributed by atoms with Gasteiger partial charge in [-0.05, 0) is 55.3 Å². The average Bonchev–Trinajstić information content (AvgIpc) is 2.84. The first-order chi connectivity index (χ1) is 8.76. The molecule has 0 heterocycles. The zero-order chi connectivity index (χ0) is 13.0. The average molecular weight is 247 g/mol. The van der Waals surface area contributed by atoms with E-state index in [0.29, 0.717) is 12.0 Å². The molecule has 0 aromatic heterocycles. The maximum absolute atomic E-state index is 5.19. The fourth-order valence-electron chi connectivity index (χ4n) is 3.04. The summed E-state index contributed by atoms with van der Waals surface area (Å²) in [6.07, 6.45) is 4.94. The van der Waals surface area contributed by atoms with Gasteiger partial charge >= 0.3 is 0 Å². The lowest BCUT2D eigenvalue weighted by atomic mass is 9.90. The van der Waals surface area contributed by atoms with Gasteiger partial charge in [0.1, 0.15) is 0 Å². The van der Waals surface area contributed by atoms with Crippen LogP contribution < -0.4 is 5.32 Å². The van der Waals surface area contributed by atoms with Crippen molar-refractivity contribution >= 4 is 0 Å². The molecule has 0 bridgehead atoms. The molecule has 1 aromatic rings. The standard InChI is InChI=1S/C16H25NO/c1-12(9-10-18-3)16(17-2)15-8-7-13-5-4-6-14(13)11-15/h7-8,11-12,16-17H,4-6,9-10H2,1-3H3. The van der Waals surface area contributed by atoms with E-state index in [0.717, 1.165) is 13.0 Å². The quantitative estimate of drug-likeness (QED) is 0.834. The van der Waals surface area contributed by atoms with Gasteiger partial charge in [0, 0.05) is 19.8 Å². The number of fused-ring (bicyclic) bond motifs is 1. The first kappa shape index (κ1) is 13.6. The maximum Gasteiger partial charge on any atom is 0.0465 e. The zero-order valence-corrected chi connectivity index (χ0v) is 11.8. The van der Waals surface area contributed by atoms with Gasteiger partial charge in [0.15, 0.2) is 0 Å². The molecule has 0 saturated carbocycles. The van der Waals surface area contributed by atoms with E-state index in [4.69, 9.17) is 4.74 Å². The molecule has 1 N–H and O–H groups in total. The van der Waals surface area contributed by atoms with Crippen LogP contribution in [-0.4, -0.2) is 20.8 Å². The molecule has 0 aliphatic heterocycles. The molecule has 1 aromatic carbocycles. The third-order valence-corrected chi connectivity index (χ3v) is 4.14. The maximum atomic E-state index is 5.19. The minimum Gasteiger partial charge on any atom is -0.385 e. The molecule has 2 atom stereocenters. The second-order valence-corrected chi connectivity index (χ2v) is 5.41. The van der Waals surface area contributed by atoms with Crippen molar-refractivity contribution in [2.75, 3.05) is 20.8 Å². The molecule has 18 heavy (non-hydrogen) atoms. The van der Waals surface area contributed by atoms with Crippen LogP contribution in [0.2, 0.25) is 0 Å². The Morgan fingerprint density at radius 3 is 2.78 bits per heavy atom. The summed E-state index contributed by atoms with van der Waals surface area (Å²) in [6.45, 7) is 3.14. The van der Waals surface area contributed by atoms with Crippen molar-refractivity contribution in [2.45, 2.75) is 38.6 Å². The third kappa shape index (κ3) is 2.93. The topological polar surface area (TPSA) is 21.3 Å². The van der Waals surface area contributed by atoms with Crippen molar-refractivity contribution < 1.29 is 4.74 Å². The van der Waals surface area contributed by atoms with E-state index in [1.165, 1.54) is 24.8 Å². The van der Waals surface area contributed by atoms with Crippen molar-refractivity contribution in [3.8, 4) is 0 Å². The van der Waals surface area contributed by atoms with E-state index >= 15 is 0 Å². The van der Waals surface area contributed by atoms with E-state index in [1.54, 1.807) is 18.2 Å². The summed E-state index contributed by atoms with van der Waals surface area (Å²) in [5, 5.41) is 3.46. The monoisotopic (exact) mass is 247 g/mol. The normalized spacial score (nSPS) is 17.5. The minimum absolute atomic E-state index is 0.436. The largest absolute Gasteiger partial charge is 0.385 e. The van der Waals surface area contributed by atoms with Crippen molar-refractivity contribution in [2.24, 2.45) is 5.92 Å². The second kappa shape index (κ2) is 6.35. The molecule has 0 spiro atoms. The number of hydrogen-bond donors (Lipinski definition) is 1. The molecule has 1 aliphatic rings. The Hall–Kier alpha value is -0.860. The molecular weight excluding hydrogens is 222 g/mol. The second-order valence-electron chi connectivity index (χ2n) is 5.41. The highest BCUT2D eigenvalue weighted by atomic mass is 16.5. The number of benzene rings is 1. The molecular formula is C16H25NO. The fourth-order valence-corrected chi connectivity index (χ4v) is 3.04. The predicted molar refractivity (Wildman–Crippen MR) is 75.9 cm³/mol. The summed E-state index contributed by atoms with van der Waals surface area (Å²) in [4.78, 5) is 0. The number of nitrogens with one attached hydrogen (secondary N) is 1. The van der Waals surface area contributed by atoms with E-state index < -0.39 is 0 Å². The van der Waals surface area contributed by atoms with Gasteiger partial charge in [-0.15, -0.1) is 0 Å². The van der Waals surface area contributed by atoms with Gasteiger partial charge in [-0.3, -0.25) is 0 Å². The van der Waals surface area contributed by atoms with Crippen LogP contribution in [0.1, 0.15) is 42.5 Å². The molecule has 2 nitrogen and oxygen atoms in total. The van der Waals surface area contributed by atoms with Crippen molar-refractivity contribution in [3.05, 3.63) is 34.9 Å². The number of ether oxygens (including phenoxy) is 1. The molecule has 2 rings (SSSR count). The van der Waals surface area contributed by atoms with Crippen molar-refractivity contribution in [3.63, 3.8) is 0 Å². The summed E-state index contributed by atoms with van der Waals surface area (Å²) in [5.41, 5.74) is 4.55. The summed E-state index contributed by atoms with van der Waals surface area (Å²) >= 11 is 0. The first-order valence-electron chi connectivity index (χ1n) is 7.04. The van der Waals surface area contributed by atoms with Gasteiger partial charge in [-0.1, -0.05) is 25.1 Å². The number of hydrogen-bond acceptors (Lipinski definition) is 2. The third-order valence-electron chi connectivity index (χ3n) is 4.14. The summed E-state index contributed by atoms with van der Waals surface area (Å²) in [6, 6.07) is 7.47. The summed E-state index contributed by atoms with van der Waals surface area (Å²) < 4.78 is 5.19. The van der Waals surface area contributed by atoms with Crippen LogP contribution in [-0.2, 0) is 17.6 Å². The van der Waals surface area contributed by atoms with E-state index in [9.17, 15) is 0 Å². The molecule has 0 fully saturated rings. The highest BCUT2D eigenvalue weighted by molar-refractivity contribution is 5.36. The van der Waals surface area contributed by atoms with Crippen LogP contribution in [0.15, 0.2) is 18.2 Å². The number of aryl methyl sites for hydroxylation is 2. The molecule has 0 saturated heterocycles. The Bertz CT molecular complexity index is 389. The summed E-state index contributed by atoms with van der Waals surface area (Å²) in [7, 11) is 3.83. The Labute approximate surface area is 111 Å². The highest BCUT2D eigenvalue weighted by Crippen LogP contribution is 2.29. The van der Waals surface area contributed by atoms with Crippen LogP contribution in [0.4, 0.5) is 0 Å². The van der Waals surface area contributed by atoms with E-state index in [1.807, 2.05) is 0 Å². The molecule has 2 heteroatoms. The summed E-state index contributed by atoms with van der Waals surface area (Å²) in [5.74, 6) is 0.592. The lowest BCUT2D eigenvalue weighted by Crippen LogP contribution is -2.24. The Balaban J connectivity index is 2.12. The van der Waals surface area contributed by atoms with Crippen LogP contribution in [0.5, 0.6) is 0 Å². The van der Waals surface area contributed by atoms with Crippen LogP contribution >= 0.6 is 0 Å². The number of methoxy groups -OCH3 is 1.